The summed E-state index contributed by atoms with van der Waals surface area (Å²) in [5.74, 6) is 0. The van der Waals surface area contributed by atoms with E-state index in [0.717, 1.165) is 0 Å². The Bertz CT molecular complexity index is 969. The van der Waals surface area contributed by atoms with Gasteiger partial charge in [0.05, 0.1) is 0 Å². The van der Waals surface area contributed by atoms with Crippen molar-refractivity contribution in [1.29, 1.82) is 0 Å². The molecule has 0 spiro atoms. The van der Waals surface area contributed by atoms with Crippen LogP contribution in [-0.2, 0) is 0 Å². The van der Waals surface area contributed by atoms with Crippen LogP contribution in [0.3, 0.4) is 0 Å². The van der Waals surface area contributed by atoms with E-state index < -0.39 is 0 Å². The van der Waals surface area contributed by atoms with Crippen LogP contribution < -0.4 is 4.90 Å². The Labute approximate surface area is 148 Å². The van der Waals surface area contributed by atoms with Crippen molar-refractivity contribution in [2.24, 2.45) is 0 Å². The van der Waals surface area contributed by atoms with Gasteiger partial charge in [-0.05, 0) is 0 Å². The summed E-state index contributed by atoms with van der Waals surface area (Å²) in [5.41, 5.74) is 5.10. The van der Waals surface area contributed by atoms with Crippen LogP contribution in [0.2, 0.25) is 0 Å². The Kier molecular flexibility index (Phi) is 4.01. The van der Waals surface area contributed by atoms with E-state index in [2.05, 4.69) is 96.5 Å². The van der Waals surface area contributed by atoms with Gasteiger partial charge in [0.15, 0.2) is 0 Å². The molecule has 0 aliphatic carbocycles. The van der Waals surface area contributed by atoms with Gasteiger partial charge < -0.3 is 0 Å². The number of benzene rings is 3. The Morgan fingerprint density at radius 3 is 2.17 bits per heavy atom. The van der Waals surface area contributed by atoms with E-state index in [1.165, 1.54) is 37.8 Å². The molecule has 0 unspecified atom stereocenters. The summed E-state index contributed by atoms with van der Waals surface area (Å²) in [5, 5.41) is 2.63. The average molecular weight is 376 g/mol. The van der Waals surface area contributed by atoms with Crippen molar-refractivity contribution in [3.8, 4) is 0 Å². The third-order valence-corrected chi connectivity index (χ3v) is 6.17. The number of fused-ring (bicyclic) bond motifs is 1. The van der Waals surface area contributed by atoms with Crippen LogP contribution in [0, 0.1) is 13.8 Å². The van der Waals surface area contributed by atoms with Crippen molar-refractivity contribution in [3.63, 3.8) is 0 Å². The van der Waals surface area contributed by atoms with Crippen LogP contribution in [0.25, 0.3) is 10.8 Å². The van der Waals surface area contributed by atoms with Gasteiger partial charge in [-0.15, -0.1) is 0 Å². The quantitative estimate of drug-likeness (QED) is 0.397. The fourth-order valence-corrected chi connectivity index (χ4v) is 4.71. The minimum atomic E-state index is 0.372. The van der Waals surface area contributed by atoms with Gasteiger partial charge in [-0.3, -0.25) is 0 Å². The molecule has 118 valence electrons. The van der Waals surface area contributed by atoms with Crippen molar-refractivity contribution in [2.75, 3.05) is 4.90 Å². The molecule has 2 heteroatoms. The molecule has 4 aromatic rings. The standard InChI is InChI=1S/C22H19NSe/c1-16-9-12-18(13-10-16)23(22-8-5-15-24-22)21-14-11-17(2)19-6-3-4-7-20(19)21/h3-15H,1-2H3. The van der Waals surface area contributed by atoms with Crippen LogP contribution in [-0.4, -0.2) is 14.5 Å². The van der Waals surface area contributed by atoms with Crippen LogP contribution in [0.15, 0.2) is 77.7 Å². The molecule has 0 aliphatic heterocycles. The monoisotopic (exact) mass is 377 g/mol. The molecule has 0 amide bonds. The zero-order valence-electron chi connectivity index (χ0n) is 13.9. The number of hydrogen-bond donors (Lipinski definition) is 0. The van der Waals surface area contributed by atoms with E-state index in [4.69, 9.17) is 0 Å². The van der Waals surface area contributed by atoms with E-state index in [0.29, 0.717) is 14.5 Å². The van der Waals surface area contributed by atoms with Crippen molar-refractivity contribution in [3.05, 3.63) is 88.9 Å². The van der Waals surface area contributed by atoms with Crippen LogP contribution in [0.1, 0.15) is 11.1 Å². The fraction of sp³-hybridized carbons (Fsp3) is 0.0909. The third-order valence-electron chi connectivity index (χ3n) is 4.38. The molecule has 0 aliphatic rings. The molecule has 3 aromatic carbocycles. The molecule has 0 radical (unpaired) electrons. The summed E-state index contributed by atoms with van der Waals surface area (Å²) in [4.78, 5) is 4.70. The molecule has 4 rings (SSSR count). The number of aryl methyl sites for hydroxylation is 2. The predicted octanol–water partition coefficient (Wildman–Crippen LogP) is 5.98. The Morgan fingerprint density at radius 2 is 1.46 bits per heavy atom. The minimum absolute atomic E-state index is 0.372. The first-order valence-corrected chi connectivity index (χ1v) is 9.97. The maximum atomic E-state index is 2.42. The third kappa shape index (κ3) is 2.69. The zero-order valence-corrected chi connectivity index (χ0v) is 15.6. The Morgan fingerprint density at radius 1 is 0.708 bits per heavy atom. The number of hydrogen-bond acceptors (Lipinski definition) is 1. The summed E-state index contributed by atoms with van der Waals surface area (Å²) in [6.45, 7) is 4.32. The first-order chi connectivity index (χ1) is 11.7. The zero-order chi connectivity index (χ0) is 16.5. The van der Waals surface area contributed by atoms with Crippen molar-refractivity contribution < 1.29 is 0 Å². The molecule has 0 fully saturated rings. The van der Waals surface area contributed by atoms with Crippen LogP contribution in [0.4, 0.5) is 15.9 Å². The second kappa shape index (κ2) is 6.31. The molecule has 1 aromatic heterocycles. The summed E-state index contributed by atoms with van der Waals surface area (Å²) >= 11 is 0.372. The molecule has 0 bridgehead atoms. The Hall–Kier alpha value is -2.28. The van der Waals surface area contributed by atoms with Crippen LogP contribution >= 0.6 is 0 Å². The van der Waals surface area contributed by atoms with E-state index >= 15 is 0 Å². The summed E-state index contributed by atoms with van der Waals surface area (Å²) < 4.78 is 1.38. The Balaban J connectivity index is 1.98. The molecule has 1 heterocycles. The van der Waals surface area contributed by atoms with Gasteiger partial charge in [0, 0.05) is 0 Å². The SMILES string of the molecule is Cc1ccc(N(c2ccc[se]2)c2ccc(C)c3ccccc23)cc1. The molecule has 0 N–H and O–H groups in total. The van der Waals surface area contributed by atoms with E-state index in [9.17, 15) is 0 Å². The van der Waals surface area contributed by atoms with Gasteiger partial charge in [0.1, 0.15) is 0 Å². The summed E-state index contributed by atoms with van der Waals surface area (Å²) in [6.07, 6.45) is 0. The topological polar surface area (TPSA) is 3.24 Å². The molecule has 0 atom stereocenters. The van der Waals surface area contributed by atoms with Gasteiger partial charge in [-0.1, -0.05) is 0 Å². The van der Waals surface area contributed by atoms with Gasteiger partial charge >= 0.3 is 149 Å². The number of rotatable bonds is 3. The molecular weight excluding hydrogens is 357 g/mol. The van der Waals surface area contributed by atoms with Gasteiger partial charge in [0.2, 0.25) is 0 Å². The van der Waals surface area contributed by atoms with Gasteiger partial charge in [-0.2, -0.15) is 0 Å². The van der Waals surface area contributed by atoms with Gasteiger partial charge in [-0.25, -0.2) is 0 Å². The second-order valence-electron chi connectivity index (χ2n) is 6.07. The predicted molar refractivity (Wildman–Crippen MR) is 105 cm³/mol. The average Bonchev–Trinajstić information content (AvgIpc) is 3.13. The fourth-order valence-electron chi connectivity index (χ4n) is 3.10. The molecule has 24 heavy (non-hydrogen) atoms. The van der Waals surface area contributed by atoms with Crippen molar-refractivity contribution in [1.82, 2.24) is 0 Å². The second-order valence-corrected chi connectivity index (χ2v) is 8.01. The van der Waals surface area contributed by atoms with Crippen molar-refractivity contribution in [2.45, 2.75) is 13.8 Å². The van der Waals surface area contributed by atoms with Gasteiger partial charge in [0.25, 0.3) is 0 Å². The molecular formula is C22H19NSe. The number of nitrogens with zero attached hydrogens (tertiary/aromatic N) is 1. The maximum absolute atomic E-state index is 2.42. The van der Waals surface area contributed by atoms with Crippen LogP contribution in [0.5, 0.6) is 0 Å². The number of anilines is 3. The van der Waals surface area contributed by atoms with E-state index in [1.807, 2.05) is 0 Å². The first kappa shape index (κ1) is 15.3. The van der Waals surface area contributed by atoms with E-state index in [1.54, 1.807) is 0 Å². The summed E-state index contributed by atoms with van der Waals surface area (Å²) in [7, 11) is 0. The van der Waals surface area contributed by atoms with E-state index in [-0.39, 0.29) is 0 Å². The molecule has 0 saturated heterocycles. The molecule has 0 saturated carbocycles. The molecule has 1 nitrogen and oxygen atoms in total. The first-order valence-electron chi connectivity index (χ1n) is 8.13. The normalized spacial score (nSPS) is 10.9. The van der Waals surface area contributed by atoms with Crippen molar-refractivity contribution >= 4 is 41.2 Å². The summed E-state index contributed by atoms with van der Waals surface area (Å²) in [6, 6.07) is 26.4.